The van der Waals surface area contributed by atoms with Crippen LogP contribution in [0.2, 0.25) is 0 Å². The Kier molecular flexibility index (Phi) is 4.93. The summed E-state index contributed by atoms with van der Waals surface area (Å²) in [7, 11) is 0. The first-order valence-corrected chi connectivity index (χ1v) is 14.4. The molecule has 0 saturated carbocycles. The van der Waals surface area contributed by atoms with Gasteiger partial charge in [0, 0.05) is 32.7 Å². The van der Waals surface area contributed by atoms with Gasteiger partial charge in [0.15, 0.2) is 0 Å². The maximum atomic E-state index is 5.35. The molecule has 0 bridgehead atoms. The van der Waals surface area contributed by atoms with Crippen molar-refractivity contribution in [3.05, 3.63) is 146 Å². The van der Waals surface area contributed by atoms with E-state index in [2.05, 4.69) is 146 Å². The Bertz CT molecular complexity index is 2290. The van der Waals surface area contributed by atoms with Crippen molar-refractivity contribution in [3.63, 3.8) is 0 Å². The standard InChI is InChI=1S/C40H24N2/c1-7-21-33-25(13-1)27-15-9-11-23-35(27)41-39(33)37-29-17-3-5-19-31(29)38(32-20-6-4-18-30(32)37)40-34-22-8-2-14-26(34)28-16-10-12-24-36(28)42-40/h1-24H. The largest absolute Gasteiger partial charge is 0.247 e. The lowest BCUT2D eigenvalue weighted by atomic mass is 9.86. The Hall–Kier alpha value is -5.60. The molecule has 0 N–H and O–H groups in total. The van der Waals surface area contributed by atoms with Crippen LogP contribution in [0.5, 0.6) is 0 Å². The summed E-state index contributed by atoms with van der Waals surface area (Å²) in [6, 6.07) is 51.8. The van der Waals surface area contributed by atoms with Crippen molar-refractivity contribution in [2.45, 2.75) is 0 Å². The third-order valence-electron chi connectivity index (χ3n) is 8.62. The SMILES string of the molecule is c1ccc2c(c1)nc(-c1c3ccccc3c(-c3nc4ccccc4c4ccccc34)c3ccccc13)c1ccccc12. The number of nitrogens with zero attached hydrogens (tertiary/aromatic N) is 2. The third-order valence-corrected chi connectivity index (χ3v) is 8.62. The molecule has 0 unspecified atom stereocenters. The molecule has 2 heteroatoms. The molecule has 0 atom stereocenters. The molecule has 0 spiro atoms. The quantitative estimate of drug-likeness (QED) is 0.163. The fourth-order valence-corrected chi connectivity index (χ4v) is 6.83. The summed E-state index contributed by atoms with van der Waals surface area (Å²) in [5, 5.41) is 11.8. The lowest BCUT2D eigenvalue weighted by Crippen LogP contribution is -1.96. The summed E-state index contributed by atoms with van der Waals surface area (Å²) in [6.07, 6.45) is 0. The van der Waals surface area contributed by atoms with E-state index in [-0.39, 0.29) is 0 Å². The summed E-state index contributed by atoms with van der Waals surface area (Å²) in [4.78, 5) is 10.7. The van der Waals surface area contributed by atoms with E-state index in [0.29, 0.717) is 0 Å². The van der Waals surface area contributed by atoms with Crippen LogP contribution in [0.1, 0.15) is 0 Å². The molecule has 0 saturated heterocycles. The molecule has 0 radical (unpaired) electrons. The average Bonchev–Trinajstić information content (AvgIpc) is 3.06. The highest BCUT2D eigenvalue weighted by atomic mass is 14.7. The predicted molar refractivity (Wildman–Crippen MR) is 178 cm³/mol. The van der Waals surface area contributed by atoms with Crippen molar-refractivity contribution in [2.75, 3.05) is 0 Å². The van der Waals surface area contributed by atoms with Gasteiger partial charge in [0.2, 0.25) is 0 Å². The summed E-state index contributed by atoms with van der Waals surface area (Å²) in [5.41, 5.74) is 6.37. The van der Waals surface area contributed by atoms with Crippen molar-refractivity contribution < 1.29 is 0 Å². The van der Waals surface area contributed by atoms with Gasteiger partial charge in [-0.15, -0.1) is 0 Å². The molecule has 2 aromatic heterocycles. The molecule has 0 aliphatic carbocycles. The van der Waals surface area contributed by atoms with Gasteiger partial charge in [-0.25, -0.2) is 9.97 Å². The van der Waals surface area contributed by atoms with Gasteiger partial charge in [-0.3, -0.25) is 0 Å². The smallest absolute Gasteiger partial charge is 0.0800 e. The van der Waals surface area contributed by atoms with Crippen LogP contribution < -0.4 is 0 Å². The first-order valence-electron chi connectivity index (χ1n) is 14.4. The van der Waals surface area contributed by atoms with Crippen molar-refractivity contribution in [1.29, 1.82) is 0 Å². The molecule has 2 heterocycles. The fourth-order valence-electron chi connectivity index (χ4n) is 6.83. The first kappa shape index (κ1) is 23.1. The van der Waals surface area contributed by atoms with Gasteiger partial charge < -0.3 is 0 Å². The molecular formula is C40H24N2. The normalized spacial score (nSPS) is 11.8. The molecule has 7 aromatic carbocycles. The zero-order valence-electron chi connectivity index (χ0n) is 22.8. The van der Waals surface area contributed by atoms with Crippen LogP contribution in [0.3, 0.4) is 0 Å². The van der Waals surface area contributed by atoms with Gasteiger partial charge in [0.05, 0.1) is 22.4 Å². The fraction of sp³-hybridized carbons (Fsp3) is 0. The predicted octanol–water partition coefficient (Wildman–Crippen LogP) is 10.7. The highest BCUT2D eigenvalue weighted by Crippen LogP contribution is 2.46. The van der Waals surface area contributed by atoms with Gasteiger partial charge in [0.1, 0.15) is 0 Å². The number of hydrogen-bond acceptors (Lipinski definition) is 2. The molecule has 2 nitrogen and oxygen atoms in total. The Morgan fingerprint density at radius 3 is 0.857 bits per heavy atom. The van der Waals surface area contributed by atoms with E-state index in [1.807, 2.05) is 0 Å². The number of benzene rings is 7. The molecule has 0 aliphatic heterocycles. The van der Waals surface area contributed by atoms with Gasteiger partial charge in [-0.2, -0.15) is 0 Å². The monoisotopic (exact) mass is 532 g/mol. The second-order valence-corrected chi connectivity index (χ2v) is 10.9. The van der Waals surface area contributed by atoms with Crippen LogP contribution in [0, 0.1) is 0 Å². The lowest BCUT2D eigenvalue weighted by molar-refractivity contribution is 1.43. The van der Waals surface area contributed by atoms with Gasteiger partial charge in [-0.05, 0) is 44.5 Å². The van der Waals surface area contributed by atoms with E-state index in [4.69, 9.17) is 9.97 Å². The minimum absolute atomic E-state index is 1.01. The lowest BCUT2D eigenvalue weighted by Gasteiger charge is -2.19. The van der Waals surface area contributed by atoms with Crippen LogP contribution in [0.15, 0.2) is 146 Å². The van der Waals surface area contributed by atoms with E-state index in [0.717, 1.165) is 44.3 Å². The minimum atomic E-state index is 1.01. The zero-order valence-corrected chi connectivity index (χ0v) is 22.8. The number of rotatable bonds is 2. The molecule has 0 fully saturated rings. The molecule has 9 aromatic rings. The maximum Gasteiger partial charge on any atom is 0.0800 e. The third kappa shape index (κ3) is 3.27. The van der Waals surface area contributed by atoms with Gasteiger partial charge >= 0.3 is 0 Å². The van der Waals surface area contributed by atoms with Crippen molar-refractivity contribution in [1.82, 2.24) is 9.97 Å². The second-order valence-electron chi connectivity index (χ2n) is 10.9. The highest BCUT2D eigenvalue weighted by molar-refractivity contribution is 6.26. The van der Waals surface area contributed by atoms with Gasteiger partial charge in [-0.1, -0.05) is 133 Å². The van der Waals surface area contributed by atoms with E-state index < -0.39 is 0 Å². The molecule has 194 valence electrons. The molecule has 9 rings (SSSR count). The first-order chi connectivity index (χ1) is 20.9. The maximum absolute atomic E-state index is 5.35. The van der Waals surface area contributed by atoms with Crippen LogP contribution >= 0.6 is 0 Å². The average molecular weight is 533 g/mol. The number of aromatic nitrogens is 2. The topological polar surface area (TPSA) is 25.8 Å². The van der Waals surface area contributed by atoms with E-state index >= 15 is 0 Å². The highest BCUT2D eigenvalue weighted by Gasteiger charge is 2.21. The van der Waals surface area contributed by atoms with Crippen LogP contribution in [0.25, 0.3) is 87.4 Å². The van der Waals surface area contributed by atoms with E-state index in [1.54, 1.807) is 0 Å². The molecular weight excluding hydrogens is 508 g/mol. The number of para-hydroxylation sites is 2. The van der Waals surface area contributed by atoms with Crippen molar-refractivity contribution in [3.8, 4) is 22.5 Å². The van der Waals surface area contributed by atoms with Crippen LogP contribution in [-0.2, 0) is 0 Å². The Balaban J connectivity index is 1.49. The molecule has 0 amide bonds. The molecule has 42 heavy (non-hydrogen) atoms. The second kappa shape index (κ2) is 8.95. The van der Waals surface area contributed by atoms with Gasteiger partial charge in [0.25, 0.3) is 0 Å². The number of hydrogen-bond donors (Lipinski definition) is 0. The number of fused-ring (bicyclic) bond motifs is 8. The summed E-state index contributed by atoms with van der Waals surface area (Å²) in [6.45, 7) is 0. The van der Waals surface area contributed by atoms with E-state index in [1.165, 1.54) is 43.1 Å². The summed E-state index contributed by atoms with van der Waals surface area (Å²) in [5.74, 6) is 0. The summed E-state index contributed by atoms with van der Waals surface area (Å²) < 4.78 is 0. The Morgan fingerprint density at radius 1 is 0.238 bits per heavy atom. The van der Waals surface area contributed by atoms with Crippen LogP contribution in [0.4, 0.5) is 0 Å². The minimum Gasteiger partial charge on any atom is -0.247 e. The number of pyridine rings is 2. The van der Waals surface area contributed by atoms with Crippen molar-refractivity contribution in [2.24, 2.45) is 0 Å². The van der Waals surface area contributed by atoms with Crippen molar-refractivity contribution >= 4 is 64.9 Å². The molecule has 0 aliphatic rings. The summed E-state index contributed by atoms with van der Waals surface area (Å²) >= 11 is 0. The van der Waals surface area contributed by atoms with Crippen LogP contribution in [-0.4, -0.2) is 9.97 Å². The Labute approximate surface area is 242 Å². The Morgan fingerprint density at radius 2 is 0.500 bits per heavy atom. The van der Waals surface area contributed by atoms with E-state index in [9.17, 15) is 0 Å². The zero-order chi connectivity index (χ0) is 27.6.